The number of rotatable bonds is 7. The number of hydrogen-bond acceptors (Lipinski definition) is 4. The van der Waals surface area contributed by atoms with Crippen LogP contribution in [0.15, 0.2) is 29.2 Å². The van der Waals surface area contributed by atoms with E-state index in [-0.39, 0.29) is 12.8 Å². The number of aldehydes is 1. The highest BCUT2D eigenvalue weighted by atomic mass is 35.5. The minimum atomic E-state index is -0.911. The zero-order valence-corrected chi connectivity index (χ0v) is 10.5. The first-order valence-corrected chi connectivity index (χ1v) is 6.16. The standard InChI is InChI=1S/C11H12ClNO3S/c12-8-2-1-3-10(6-8)17-13-9(7-14)4-5-11(15)16/h1-3,6-7,9,13H,4-5H2,(H,15,16)/t9-/m0/s1. The van der Waals surface area contributed by atoms with Gasteiger partial charge in [-0.2, -0.15) is 0 Å². The van der Waals surface area contributed by atoms with Gasteiger partial charge in [-0.1, -0.05) is 17.7 Å². The first-order valence-electron chi connectivity index (χ1n) is 4.97. The Morgan fingerprint density at radius 1 is 1.59 bits per heavy atom. The van der Waals surface area contributed by atoms with Crippen molar-refractivity contribution in [2.75, 3.05) is 0 Å². The molecule has 2 N–H and O–H groups in total. The number of carboxylic acid groups (broad SMARTS) is 1. The van der Waals surface area contributed by atoms with E-state index in [1.807, 2.05) is 6.07 Å². The molecular weight excluding hydrogens is 262 g/mol. The van der Waals surface area contributed by atoms with E-state index in [4.69, 9.17) is 16.7 Å². The zero-order valence-electron chi connectivity index (χ0n) is 8.93. The minimum absolute atomic E-state index is 0.0352. The molecule has 92 valence electrons. The van der Waals surface area contributed by atoms with E-state index < -0.39 is 12.0 Å². The summed E-state index contributed by atoms with van der Waals surface area (Å²) in [6.45, 7) is 0. The van der Waals surface area contributed by atoms with Gasteiger partial charge in [-0.3, -0.25) is 4.79 Å². The molecule has 0 aliphatic heterocycles. The summed E-state index contributed by atoms with van der Waals surface area (Å²) in [6.07, 6.45) is 0.944. The predicted octanol–water partition coefficient (Wildman–Crippen LogP) is 2.37. The quantitative estimate of drug-likeness (QED) is 0.590. The van der Waals surface area contributed by atoms with Gasteiger partial charge in [0.1, 0.15) is 6.29 Å². The molecule has 6 heteroatoms. The Kier molecular flexibility index (Phi) is 6.04. The second-order valence-corrected chi connectivity index (χ2v) is 4.70. The topological polar surface area (TPSA) is 66.4 Å². The average Bonchev–Trinajstić information content (AvgIpc) is 2.29. The Morgan fingerprint density at radius 2 is 2.35 bits per heavy atom. The SMILES string of the molecule is O=C[C@H](CCC(=O)O)NSc1cccc(Cl)c1. The number of carbonyl (C=O) groups excluding carboxylic acids is 1. The summed E-state index contributed by atoms with van der Waals surface area (Å²) in [6, 6.07) is 6.70. The van der Waals surface area contributed by atoms with E-state index in [0.29, 0.717) is 11.3 Å². The highest BCUT2D eigenvalue weighted by Gasteiger charge is 2.09. The van der Waals surface area contributed by atoms with Gasteiger partial charge >= 0.3 is 5.97 Å². The Hall–Kier alpha value is -1.04. The van der Waals surface area contributed by atoms with Gasteiger partial charge in [-0.05, 0) is 36.6 Å². The molecule has 0 heterocycles. The fourth-order valence-corrected chi connectivity index (χ4v) is 2.16. The van der Waals surface area contributed by atoms with E-state index in [0.717, 1.165) is 4.90 Å². The molecule has 0 bridgehead atoms. The van der Waals surface area contributed by atoms with Crippen LogP contribution in [0.1, 0.15) is 12.8 Å². The Labute approximate surface area is 108 Å². The number of aliphatic carboxylic acids is 1. The first-order chi connectivity index (χ1) is 8.11. The second kappa shape index (κ2) is 7.32. The maximum absolute atomic E-state index is 10.7. The Morgan fingerprint density at radius 3 is 2.94 bits per heavy atom. The number of halogens is 1. The van der Waals surface area contributed by atoms with E-state index >= 15 is 0 Å². The number of benzene rings is 1. The van der Waals surface area contributed by atoms with E-state index in [1.165, 1.54) is 11.9 Å². The first kappa shape index (κ1) is 14.0. The molecule has 4 nitrogen and oxygen atoms in total. The second-order valence-electron chi connectivity index (χ2n) is 3.35. The van der Waals surface area contributed by atoms with Crippen LogP contribution in [-0.4, -0.2) is 23.4 Å². The number of hydrogen-bond donors (Lipinski definition) is 2. The lowest BCUT2D eigenvalue weighted by molar-refractivity contribution is -0.137. The Balaban J connectivity index is 2.42. The van der Waals surface area contributed by atoms with Crippen LogP contribution in [-0.2, 0) is 9.59 Å². The van der Waals surface area contributed by atoms with Gasteiger partial charge in [-0.15, -0.1) is 0 Å². The minimum Gasteiger partial charge on any atom is -0.481 e. The molecule has 1 rings (SSSR count). The van der Waals surface area contributed by atoms with Crippen LogP contribution in [0.25, 0.3) is 0 Å². The molecule has 1 atom stereocenters. The molecule has 0 amide bonds. The van der Waals surface area contributed by atoms with Crippen molar-refractivity contribution in [1.82, 2.24) is 4.72 Å². The summed E-state index contributed by atoms with van der Waals surface area (Å²) in [5.41, 5.74) is 0. The molecule has 0 aromatic heterocycles. The summed E-state index contributed by atoms with van der Waals surface area (Å²) in [5.74, 6) is -0.911. The summed E-state index contributed by atoms with van der Waals surface area (Å²) >= 11 is 7.07. The molecule has 0 saturated heterocycles. The smallest absolute Gasteiger partial charge is 0.303 e. The molecule has 0 fully saturated rings. The average molecular weight is 274 g/mol. The summed E-state index contributed by atoms with van der Waals surface area (Å²) in [4.78, 5) is 22.0. The van der Waals surface area contributed by atoms with Crippen LogP contribution in [0.2, 0.25) is 5.02 Å². The van der Waals surface area contributed by atoms with Gasteiger partial charge in [0.05, 0.1) is 6.04 Å². The van der Waals surface area contributed by atoms with Crippen LogP contribution in [0.5, 0.6) is 0 Å². The maximum Gasteiger partial charge on any atom is 0.303 e. The third-order valence-electron chi connectivity index (χ3n) is 1.96. The lowest BCUT2D eigenvalue weighted by atomic mass is 10.2. The lowest BCUT2D eigenvalue weighted by Gasteiger charge is -2.10. The molecular formula is C11H12ClNO3S. The van der Waals surface area contributed by atoms with Gasteiger partial charge < -0.3 is 9.90 Å². The highest BCUT2D eigenvalue weighted by Crippen LogP contribution is 2.19. The Bertz CT molecular complexity index is 400. The predicted molar refractivity (Wildman–Crippen MR) is 67.2 cm³/mol. The fourth-order valence-electron chi connectivity index (χ4n) is 1.11. The number of carbonyl (C=O) groups is 2. The fraction of sp³-hybridized carbons (Fsp3) is 0.273. The van der Waals surface area contributed by atoms with Crippen molar-refractivity contribution in [3.8, 4) is 0 Å². The molecule has 0 unspecified atom stereocenters. The van der Waals surface area contributed by atoms with Crippen molar-refractivity contribution < 1.29 is 14.7 Å². The van der Waals surface area contributed by atoms with Gasteiger partial charge in [0, 0.05) is 16.3 Å². The third-order valence-corrected chi connectivity index (χ3v) is 3.10. The van der Waals surface area contributed by atoms with Gasteiger partial charge in [-0.25, -0.2) is 4.72 Å². The van der Waals surface area contributed by atoms with Crippen molar-refractivity contribution in [3.05, 3.63) is 29.3 Å². The summed E-state index contributed by atoms with van der Waals surface area (Å²) < 4.78 is 2.89. The van der Waals surface area contributed by atoms with Crippen molar-refractivity contribution >= 4 is 35.8 Å². The van der Waals surface area contributed by atoms with Crippen LogP contribution in [0.4, 0.5) is 0 Å². The molecule has 0 aliphatic carbocycles. The van der Waals surface area contributed by atoms with E-state index in [9.17, 15) is 9.59 Å². The van der Waals surface area contributed by atoms with E-state index in [1.54, 1.807) is 18.2 Å². The zero-order chi connectivity index (χ0) is 12.7. The van der Waals surface area contributed by atoms with Crippen LogP contribution in [0.3, 0.4) is 0 Å². The molecule has 0 radical (unpaired) electrons. The monoisotopic (exact) mass is 273 g/mol. The molecule has 0 aliphatic rings. The lowest BCUT2D eigenvalue weighted by Crippen LogP contribution is -2.25. The normalized spacial score (nSPS) is 12.1. The summed E-state index contributed by atoms with van der Waals surface area (Å²) in [7, 11) is 0. The number of nitrogens with one attached hydrogen (secondary N) is 1. The van der Waals surface area contributed by atoms with Gasteiger partial charge in [0.2, 0.25) is 0 Å². The molecule has 0 saturated carbocycles. The largest absolute Gasteiger partial charge is 0.481 e. The van der Waals surface area contributed by atoms with E-state index in [2.05, 4.69) is 4.72 Å². The summed E-state index contributed by atoms with van der Waals surface area (Å²) in [5, 5.41) is 9.13. The van der Waals surface area contributed by atoms with Crippen LogP contribution in [0, 0.1) is 0 Å². The molecule has 17 heavy (non-hydrogen) atoms. The third kappa shape index (κ3) is 5.72. The van der Waals surface area contributed by atoms with Gasteiger partial charge in [0.25, 0.3) is 0 Å². The van der Waals surface area contributed by atoms with Crippen molar-refractivity contribution in [2.24, 2.45) is 0 Å². The van der Waals surface area contributed by atoms with Crippen molar-refractivity contribution in [1.29, 1.82) is 0 Å². The molecule has 1 aromatic rings. The van der Waals surface area contributed by atoms with Crippen LogP contribution >= 0.6 is 23.5 Å². The van der Waals surface area contributed by atoms with Gasteiger partial charge in [0.15, 0.2) is 0 Å². The van der Waals surface area contributed by atoms with Crippen molar-refractivity contribution in [3.63, 3.8) is 0 Å². The number of carboxylic acids is 1. The maximum atomic E-state index is 10.7. The highest BCUT2D eigenvalue weighted by molar-refractivity contribution is 7.97. The molecule has 1 aromatic carbocycles. The molecule has 0 spiro atoms. The van der Waals surface area contributed by atoms with Crippen LogP contribution < -0.4 is 4.72 Å². The van der Waals surface area contributed by atoms with Crippen molar-refractivity contribution in [2.45, 2.75) is 23.8 Å².